The van der Waals surface area contributed by atoms with Crippen molar-refractivity contribution in [3.63, 3.8) is 0 Å². The Kier molecular flexibility index (Phi) is 6.66. The minimum Gasteiger partial charge on any atom is -0.330 e. The molecule has 2 atom stereocenters. The Morgan fingerprint density at radius 3 is 2.21 bits per heavy atom. The van der Waals surface area contributed by atoms with Crippen molar-refractivity contribution < 1.29 is 0 Å². The third kappa shape index (κ3) is 4.75. The van der Waals surface area contributed by atoms with E-state index in [4.69, 9.17) is 5.73 Å². The molecule has 2 aliphatic rings. The minimum atomic E-state index is 0.853. The van der Waals surface area contributed by atoms with E-state index in [-0.39, 0.29) is 0 Å². The van der Waals surface area contributed by atoms with Gasteiger partial charge in [0.2, 0.25) is 0 Å². The Morgan fingerprint density at radius 1 is 0.895 bits per heavy atom. The molecule has 2 saturated carbocycles. The maximum Gasteiger partial charge on any atom is 0.0101 e. The molecule has 112 valence electrons. The van der Waals surface area contributed by atoms with E-state index in [0.717, 1.165) is 24.5 Å². The van der Waals surface area contributed by atoms with Crippen molar-refractivity contribution in [3.05, 3.63) is 0 Å². The molecule has 0 radical (unpaired) electrons. The molecule has 2 unspecified atom stereocenters. The van der Waals surface area contributed by atoms with Gasteiger partial charge < -0.3 is 5.73 Å². The average molecular weight is 266 g/mol. The van der Waals surface area contributed by atoms with E-state index in [1.165, 1.54) is 77.2 Å². The van der Waals surface area contributed by atoms with E-state index in [9.17, 15) is 0 Å². The summed E-state index contributed by atoms with van der Waals surface area (Å²) in [6.07, 6.45) is 15.6. The first-order chi connectivity index (χ1) is 9.31. The van der Waals surface area contributed by atoms with Crippen LogP contribution in [0.3, 0.4) is 0 Å². The van der Waals surface area contributed by atoms with Gasteiger partial charge in [0.1, 0.15) is 0 Å². The zero-order chi connectivity index (χ0) is 13.5. The van der Waals surface area contributed by atoms with Crippen molar-refractivity contribution in [2.24, 2.45) is 11.7 Å². The van der Waals surface area contributed by atoms with Gasteiger partial charge in [0.25, 0.3) is 0 Å². The van der Waals surface area contributed by atoms with Crippen LogP contribution in [0.4, 0.5) is 0 Å². The molecule has 2 heteroatoms. The summed E-state index contributed by atoms with van der Waals surface area (Å²) in [6, 6.07) is 1.72. The third-order valence-corrected chi connectivity index (χ3v) is 5.29. The van der Waals surface area contributed by atoms with Crippen molar-refractivity contribution in [1.82, 2.24) is 4.90 Å². The molecule has 2 nitrogen and oxygen atoms in total. The molecule has 0 heterocycles. The molecule has 2 aliphatic carbocycles. The van der Waals surface area contributed by atoms with E-state index < -0.39 is 0 Å². The van der Waals surface area contributed by atoms with Crippen molar-refractivity contribution in [1.29, 1.82) is 0 Å². The highest BCUT2D eigenvalue weighted by Crippen LogP contribution is 2.32. The molecular formula is C17H34N2. The minimum absolute atomic E-state index is 0.853. The Labute approximate surface area is 120 Å². The lowest BCUT2D eigenvalue weighted by Crippen LogP contribution is -2.46. The number of rotatable bonds is 5. The Morgan fingerprint density at radius 2 is 1.58 bits per heavy atom. The highest BCUT2D eigenvalue weighted by Gasteiger charge is 2.29. The molecule has 2 rings (SSSR count). The van der Waals surface area contributed by atoms with E-state index in [1.54, 1.807) is 0 Å². The summed E-state index contributed by atoms with van der Waals surface area (Å²) in [5.74, 6) is 0.935. The Bertz CT molecular complexity index is 231. The summed E-state index contributed by atoms with van der Waals surface area (Å²) in [4.78, 5) is 2.88. The molecule has 0 aromatic rings. The summed E-state index contributed by atoms with van der Waals surface area (Å²) in [5, 5.41) is 0. The fourth-order valence-electron chi connectivity index (χ4n) is 4.23. The van der Waals surface area contributed by atoms with Crippen LogP contribution in [0, 0.1) is 5.92 Å². The third-order valence-electron chi connectivity index (χ3n) is 5.29. The van der Waals surface area contributed by atoms with Crippen LogP contribution in [0.1, 0.15) is 77.6 Å². The molecule has 19 heavy (non-hydrogen) atoms. The molecule has 2 N–H and O–H groups in total. The van der Waals surface area contributed by atoms with E-state index >= 15 is 0 Å². The van der Waals surface area contributed by atoms with Crippen molar-refractivity contribution in [2.45, 2.75) is 89.6 Å². The van der Waals surface area contributed by atoms with E-state index in [1.807, 2.05) is 0 Å². The van der Waals surface area contributed by atoms with Crippen LogP contribution in [0.15, 0.2) is 0 Å². The molecule has 0 aliphatic heterocycles. The van der Waals surface area contributed by atoms with E-state index in [2.05, 4.69) is 11.8 Å². The normalized spacial score (nSPS) is 30.5. The monoisotopic (exact) mass is 266 g/mol. The quantitative estimate of drug-likeness (QED) is 0.764. The molecule has 2 fully saturated rings. The number of nitrogens with two attached hydrogens (primary N) is 1. The first-order valence-electron chi connectivity index (χ1n) is 8.77. The van der Waals surface area contributed by atoms with Gasteiger partial charge in [-0.1, -0.05) is 45.4 Å². The standard InChI is InChI=1S/C17H34N2/c1-15-8-6-11-17(14-15)19(13-7-12-18)16-9-4-2-3-5-10-16/h15-17H,2-14,18H2,1H3. The van der Waals surface area contributed by atoms with Crippen LogP contribution in [-0.2, 0) is 0 Å². The van der Waals surface area contributed by atoms with Crippen molar-refractivity contribution in [2.75, 3.05) is 13.1 Å². The fraction of sp³-hybridized carbons (Fsp3) is 1.00. The lowest BCUT2D eigenvalue weighted by Gasteiger charge is -2.41. The van der Waals surface area contributed by atoms with E-state index in [0.29, 0.717) is 0 Å². The predicted octanol–water partition coefficient (Wildman–Crippen LogP) is 3.94. The molecule has 0 aromatic carbocycles. The van der Waals surface area contributed by atoms with Crippen LogP contribution < -0.4 is 5.73 Å². The second kappa shape index (κ2) is 8.26. The SMILES string of the molecule is CC1CCCC(N(CCCN)C2CCCCCC2)C1. The predicted molar refractivity (Wildman–Crippen MR) is 83.3 cm³/mol. The number of hydrogen-bond acceptors (Lipinski definition) is 2. The van der Waals surface area contributed by atoms with Crippen LogP contribution in [0.5, 0.6) is 0 Å². The van der Waals surface area contributed by atoms with Crippen LogP contribution in [-0.4, -0.2) is 30.1 Å². The van der Waals surface area contributed by atoms with Gasteiger partial charge in [-0.2, -0.15) is 0 Å². The Balaban J connectivity index is 1.96. The lowest BCUT2D eigenvalue weighted by molar-refractivity contribution is 0.0793. The van der Waals surface area contributed by atoms with Gasteiger partial charge in [-0.05, 0) is 51.1 Å². The number of nitrogens with zero attached hydrogens (tertiary/aromatic N) is 1. The molecule has 0 aromatic heterocycles. The first kappa shape index (κ1) is 15.3. The van der Waals surface area contributed by atoms with Gasteiger partial charge in [-0.15, -0.1) is 0 Å². The molecule has 0 amide bonds. The zero-order valence-electron chi connectivity index (χ0n) is 12.9. The molecule has 0 spiro atoms. The second-order valence-electron chi connectivity index (χ2n) is 6.95. The summed E-state index contributed by atoms with van der Waals surface area (Å²) in [6.45, 7) is 4.55. The van der Waals surface area contributed by atoms with Crippen LogP contribution in [0.25, 0.3) is 0 Å². The van der Waals surface area contributed by atoms with Gasteiger partial charge >= 0.3 is 0 Å². The fourth-order valence-corrected chi connectivity index (χ4v) is 4.23. The summed E-state index contributed by atoms with van der Waals surface area (Å²) in [5.41, 5.74) is 5.77. The Hall–Kier alpha value is -0.0800. The van der Waals surface area contributed by atoms with Crippen molar-refractivity contribution >= 4 is 0 Å². The lowest BCUT2D eigenvalue weighted by atomic mass is 9.85. The topological polar surface area (TPSA) is 29.3 Å². The van der Waals surface area contributed by atoms with Gasteiger partial charge in [0, 0.05) is 12.1 Å². The van der Waals surface area contributed by atoms with Gasteiger partial charge in [0.15, 0.2) is 0 Å². The smallest absolute Gasteiger partial charge is 0.0101 e. The summed E-state index contributed by atoms with van der Waals surface area (Å²) >= 11 is 0. The maximum absolute atomic E-state index is 5.77. The maximum atomic E-state index is 5.77. The number of hydrogen-bond donors (Lipinski definition) is 1. The highest BCUT2D eigenvalue weighted by molar-refractivity contribution is 4.84. The van der Waals surface area contributed by atoms with Crippen LogP contribution >= 0.6 is 0 Å². The zero-order valence-corrected chi connectivity index (χ0v) is 12.9. The second-order valence-corrected chi connectivity index (χ2v) is 6.95. The summed E-state index contributed by atoms with van der Waals surface area (Å²) in [7, 11) is 0. The van der Waals surface area contributed by atoms with Crippen molar-refractivity contribution in [3.8, 4) is 0 Å². The molecular weight excluding hydrogens is 232 g/mol. The van der Waals surface area contributed by atoms with Gasteiger partial charge in [0.05, 0.1) is 0 Å². The highest BCUT2D eigenvalue weighted by atomic mass is 15.2. The van der Waals surface area contributed by atoms with Gasteiger partial charge in [-0.25, -0.2) is 0 Å². The van der Waals surface area contributed by atoms with Gasteiger partial charge in [-0.3, -0.25) is 4.90 Å². The average Bonchev–Trinajstić information content (AvgIpc) is 2.68. The molecule has 0 bridgehead atoms. The first-order valence-corrected chi connectivity index (χ1v) is 8.77. The largest absolute Gasteiger partial charge is 0.330 e. The summed E-state index contributed by atoms with van der Waals surface area (Å²) < 4.78 is 0. The van der Waals surface area contributed by atoms with Crippen LogP contribution in [0.2, 0.25) is 0 Å². The molecule has 0 saturated heterocycles.